The van der Waals surface area contributed by atoms with Crippen LogP contribution in [-0.2, 0) is 0 Å². The van der Waals surface area contributed by atoms with Crippen LogP contribution in [0.5, 0.6) is 0 Å². The summed E-state index contributed by atoms with van der Waals surface area (Å²) in [6.45, 7) is 3.18. The third-order valence-electron chi connectivity index (χ3n) is 2.03. The van der Waals surface area contributed by atoms with Gasteiger partial charge in [-0.15, -0.1) is 0 Å². The first-order valence-corrected chi connectivity index (χ1v) is 4.24. The highest BCUT2D eigenvalue weighted by molar-refractivity contribution is 5.94. The number of carbonyl (C=O) groups is 1. The molecular formula is C10H9FN2O. The summed E-state index contributed by atoms with van der Waals surface area (Å²) in [7, 11) is 0. The van der Waals surface area contributed by atoms with E-state index in [9.17, 15) is 9.18 Å². The zero-order valence-corrected chi connectivity index (χ0v) is 7.91. The summed E-state index contributed by atoms with van der Waals surface area (Å²) in [5.74, 6) is -0.622. The molecule has 72 valence electrons. The lowest BCUT2D eigenvalue weighted by Gasteiger charge is -1.98. The molecule has 0 spiro atoms. The van der Waals surface area contributed by atoms with E-state index in [-0.39, 0.29) is 11.4 Å². The number of aryl methyl sites for hydroxylation is 1. The topological polar surface area (TPSA) is 34.4 Å². The molecule has 2 heterocycles. The molecule has 0 saturated carbocycles. The molecule has 4 heteroatoms. The summed E-state index contributed by atoms with van der Waals surface area (Å²) >= 11 is 0. The minimum Gasteiger partial charge on any atom is -0.304 e. The monoisotopic (exact) mass is 192 g/mol. The van der Waals surface area contributed by atoms with Crippen LogP contribution in [0.3, 0.4) is 0 Å². The zero-order valence-electron chi connectivity index (χ0n) is 7.91. The Morgan fingerprint density at radius 1 is 1.50 bits per heavy atom. The van der Waals surface area contributed by atoms with Crippen molar-refractivity contribution in [1.82, 2.24) is 9.38 Å². The maximum Gasteiger partial charge on any atom is 0.173 e. The first kappa shape index (κ1) is 8.87. The third kappa shape index (κ3) is 1.28. The molecule has 0 aliphatic heterocycles. The number of ketones is 1. The Hall–Kier alpha value is -1.71. The molecule has 0 radical (unpaired) electrons. The van der Waals surface area contributed by atoms with Gasteiger partial charge in [-0.1, -0.05) is 0 Å². The van der Waals surface area contributed by atoms with Gasteiger partial charge in [-0.05, 0) is 19.9 Å². The van der Waals surface area contributed by atoms with E-state index < -0.39 is 5.82 Å². The zero-order chi connectivity index (χ0) is 10.3. The van der Waals surface area contributed by atoms with Gasteiger partial charge in [0.15, 0.2) is 17.2 Å². The molecule has 0 aliphatic carbocycles. The van der Waals surface area contributed by atoms with Crippen molar-refractivity contribution in [2.45, 2.75) is 13.8 Å². The second kappa shape index (κ2) is 2.90. The number of hydrogen-bond acceptors (Lipinski definition) is 2. The minimum absolute atomic E-state index is 0.155. The number of hydrogen-bond donors (Lipinski definition) is 0. The van der Waals surface area contributed by atoms with Crippen molar-refractivity contribution in [2.75, 3.05) is 0 Å². The Morgan fingerprint density at radius 2 is 2.21 bits per heavy atom. The molecule has 0 unspecified atom stereocenters. The Labute approximate surface area is 80.2 Å². The molecule has 0 aliphatic rings. The van der Waals surface area contributed by atoms with Crippen molar-refractivity contribution in [1.29, 1.82) is 0 Å². The smallest absolute Gasteiger partial charge is 0.173 e. The van der Waals surface area contributed by atoms with Crippen molar-refractivity contribution in [2.24, 2.45) is 0 Å². The maximum absolute atomic E-state index is 13.4. The molecule has 0 bridgehead atoms. The summed E-state index contributed by atoms with van der Waals surface area (Å²) in [6, 6.07) is 1.21. The van der Waals surface area contributed by atoms with Crippen LogP contribution in [0.25, 0.3) is 5.65 Å². The first-order valence-electron chi connectivity index (χ1n) is 4.24. The van der Waals surface area contributed by atoms with Crippen molar-refractivity contribution in [3.05, 3.63) is 35.5 Å². The molecule has 0 amide bonds. The van der Waals surface area contributed by atoms with E-state index in [1.165, 1.54) is 17.4 Å². The predicted octanol–water partition coefficient (Wildman–Crippen LogP) is 1.98. The van der Waals surface area contributed by atoms with Crippen LogP contribution >= 0.6 is 0 Å². The molecule has 14 heavy (non-hydrogen) atoms. The molecular weight excluding hydrogens is 183 g/mol. The number of rotatable bonds is 1. The van der Waals surface area contributed by atoms with E-state index in [1.54, 1.807) is 19.3 Å². The number of pyridine rings is 1. The second-order valence-electron chi connectivity index (χ2n) is 3.25. The van der Waals surface area contributed by atoms with Gasteiger partial charge in [0.1, 0.15) is 0 Å². The van der Waals surface area contributed by atoms with Crippen LogP contribution < -0.4 is 0 Å². The molecule has 2 aromatic heterocycles. The maximum atomic E-state index is 13.4. The van der Waals surface area contributed by atoms with E-state index in [1.807, 2.05) is 0 Å². The lowest BCUT2D eigenvalue weighted by atomic mass is 10.2. The molecule has 0 fully saturated rings. The van der Waals surface area contributed by atoms with Gasteiger partial charge in [0, 0.05) is 18.0 Å². The summed E-state index contributed by atoms with van der Waals surface area (Å²) in [5.41, 5.74) is 1.34. The number of imidazole rings is 1. The van der Waals surface area contributed by atoms with Crippen LogP contribution in [0.1, 0.15) is 23.0 Å². The number of Topliss-reactive ketones (excluding diaryl/α,β-unsaturated/α-hetero) is 1. The van der Waals surface area contributed by atoms with Crippen molar-refractivity contribution in [3.63, 3.8) is 0 Å². The molecule has 2 aromatic rings. The molecule has 0 N–H and O–H groups in total. The van der Waals surface area contributed by atoms with Gasteiger partial charge >= 0.3 is 0 Å². The van der Waals surface area contributed by atoms with Crippen molar-refractivity contribution < 1.29 is 9.18 Å². The number of aromatic nitrogens is 2. The van der Waals surface area contributed by atoms with Gasteiger partial charge in [-0.25, -0.2) is 9.37 Å². The fraction of sp³-hybridized carbons (Fsp3) is 0.200. The highest BCUT2D eigenvalue weighted by Crippen LogP contribution is 2.12. The average Bonchev–Trinajstić information content (AvgIpc) is 2.45. The SMILES string of the molecule is CC(=O)c1cc(F)c2nc(C)cn2c1. The fourth-order valence-corrected chi connectivity index (χ4v) is 1.37. The van der Waals surface area contributed by atoms with Crippen LogP contribution in [-0.4, -0.2) is 15.2 Å². The number of fused-ring (bicyclic) bond motifs is 1. The molecule has 3 nitrogen and oxygen atoms in total. The van der Waals surface area contributed by atoms with E-state index in [0.29, 0.717) is 5.56 Å². The van der Waals surface area contributed by atoms with Gasteiger partial charge in [0.05, 0.1) is 5.69 Å². The highest BCUT2D eigenvalue weighted by atomic mass is 19.1. The standard InChI is InChI=1S/C10H9FN2O/c1-6-4-13-5-8(7(2)14)3-9(11)10(13)12-6/h3-5H,1-2H3. The summed E-state index contributed by atoms with van der Waals surface area (Å²) in [5, 5.41) is 0. The van der Waals surface area contributed by atoms with Crippen LogP contribution in [0, 0.1) is 12.7 Å². The van der Waals surface area contributed by atoms with Gasteiger partial charge in [-0.2, -0.15) is 0 Å². The molecule has 0 saturated heterocycles. The Bertz CT molecular complexity index is 516. The van der Waals surface area contributed by atoms with E-state index in [4.69, 9.17) is 0 Å². The highest BCUT2D eigenvalue weighted by Gasteiger charge is 2.08. The minimum atomic E-state index is -0.467. The Morgan fingerprint density at radius 3 is 2.86 bits per heavy atom. The Kier molecular flexibility index (Phi) is 1.84. The summed E-state index contributed by atoms with van der Waals surface area (Å²) in [6.07, 6.45) is 3.27. The fourth-order valence-electron chi connectivity index (χ4n) is 1.37. The lowest BCUT2D eigenvalue weighted by molar-refractivity contribution is 0.101. The van der Waals surface area contributed by atoms with Crippen LogP contribution in [0.4, 0.5) is 4.39 Å². The predicted molar refractivity (Wildman–Crippen MR) is 49.9 cm³/mol. The average molecular weight is 192 g/mol. The van der Waals surface area contributed by atoms with Gasteiger partial charge < -0.3 is 4.40 Å². The lowest BCUT2D eigenvalue weighted by Crippen LogP contribution is -1.97. The van der Waals surface area contributed by atoms with Crippen LogP contribution in [0.15, 0.2) is 18.5 Å². The summed E-state index contributed by atoms with van der Waals surface area (Å²) < 4.78 is 14.9. The summed E-state index contributed by atoms with van der Waals surface area (Å²) in [4.78, 5) is 15.0. The van der Waals surface area contributed by atoms with Gasteiger partial charge in [0.25, 0.3) is 0 Å². The largest absolute Gasteiger partial charge is 0.304 e. The second-order valence-corrected chi connectivity index (χ2v) is 3.25. The number of nitrogens with zero attached hydrogens (tertiary/aromatic N) is 2. The molecule has 0 aromatic carbocycles. The van der Waals surface area contributed by atoms with Crippen LogP contribution in [0.2, 0.25) is 0 Å². The number of carbonyl (C=O) groups excluding carboxylic acids is 1. The van der Waals surface area contributed by atoms with Gasteiger partial charge in [-0.3, -0.25) is 4.79 Å². The van der Waals surface area contributed by atoms with E-state index in [0.717, 1.165) is 5.69 Å². The first-order chi connectivity index (χ1) is 6.58. The molecule has 2 rings (SSSR count). The van der Waals surface area contributed by atoms with Gasteiger partial charge in [0.2, 0.25) is 0 Å². The van der Waals surface area contributed by atoms with E-state index >= 15 is 0 Å². The third-order valence-corrected chi connectivity index (χ3v) is 2.03. The van der Waals surface area contributed by atoms with Crippen molar-refractivity contribution in [3.8, 4) is 0 Å². The number of halogens is 1. The van der Waals surface area contributed by atoms with Crippen molar-refractivity contribution >= 4 is 11.4 Å². The molecule has 0 atom stereocenters. The quantitative estimate of drug-likeness (QED) is 0.647. The normalized spacial score (nSPS) is 10.8. The van der Waals surface area contributed by atoms with E-state index in [2.05, 4.69) is 4.98 Å². The Balaban J connectivity index is 2.77.